The molecule has 1 unspecified atom stereocenters. The summed E-state index contributed by atoms with van der Waals surface area (Å²) in [5.74, 6) is 0.115. The molecule has 150 valence electrons. The van der Waals surface area contributed by atoms with Crippen molar-refractivity contribution in [2.45, 2.75) is 41.3 Å². The van der Waals surface area contributed by atoms with Gasteiger partial charge in [0.15, 0.2) is 0 Å². The van der Waals surface area contributed by atoms with Crippen LogP contribution in [0.15, 0.2) is 82.6 Å². The van der Waals surface area contributed by atoms with Gasteiger partial charge >= 0.3 is 0 Å². The fourth-order valence-corrected chi connectivity index (χ4v) is 5.16. The fourth-order valence-electron chi connectivity index (χ4n) is 3.71. The predicted molar refractivity (Wildman–Crippen MR) is 112 cm³/mol. The number of benzene rings is 3. The molecule has 0 saturated heterocycles. The summed E-state index contributed by atoms with van der Waals surface area (Å²) in [5.41, 5.74) is 0.641. The van der Waals surface area contributed by atoms with Crippen molar-refractivity contribution in [2.75, 3.05) is 0 Å². The number of sulfone groups is 1. The van der Waals surface area contributed by atoms with Crippen molar-refractivity contribution in [2.24, 2.45) is 0 Å². The van der Waals surface area contributed by atoms with E-state index in [2.05, 4.69) is 0 Å². The Labute approximate surface area is 175 Å². The van der Waals surface area contributed by atoms with Crippen molar-refractivity contribution in [3.8, 4) is 5.75 Å². The zero-order valence-corrected chi connectivity index (χ0v) is 17.6. The van der Waals surface area contributed by atoms with Gasteiger partial charge in [0.1, 0.15) is 17.5 Å². The Bertz CT molecular complexity index is 1140. The molecule has 3 aromatic carbocycles. The number of aliphatic hydroxyl groups is 1. The summed E-state index contributed by atoms with van der Waals surface area (Å²) in [7, 11) is -3.69. The van der Waals surface area contributed by atoms with Crippen LogP contribution in [-0.4, -0.2) is 25.2 Å². The monoisotopic (exact) mass is 428 g/mol. The summed E-state index contributed by atoms with van der Waals surface area (Å²) in [6, 6.07) is 20.3. The van der Waals surface area contributed by atoms with E-state index in [-0.39, 0.29) is 9.79 Å². The highest BCUT2D eigenvalue weighted by Crippen LogP contribution is 2.45. The molecule has 1 heterocycles. The van der Waals surface area contributed by atoms with Crippen LogP contribution in [0.25, 0.3) is 0 Å². The van der Waals surface area contributed by atoms with Gasteiger partial charge in [-0.3, -0.25) is 0 Å². The Morgan fingerprint density at radius 3 is 2.24 bits per heavy atom. The number of aliphatic hydroxyl groups excluding tert-OH is 1. The van der Waals surface area contributed by atoms with Gasteiger partial charge < -0.3 is 9.84 Å². The Hall–Kier alpha value is -2.34. The van der Waals surface area contributed by atoms with E-state index in [4.69, 9.17) is 16.3 Å². The Morgan fingerprint density at radius 1 is 0.931 bits per heavy atom. The van der Waals surface area contributed by atoms with E-state index in [1.807, 2.05) is 26.0 Å². The molecule has 0 amide bonds. The van der Waals surface area contributed by atoms with Gasteiger partial charge in [0, 0.05) is 16.5 Å². The summed E-state index contributed by atoms with van der Waals surface area (Å²) in [5, 5.41) is 11.7. The smallest absolute Gasteiger partial charge is 0.206 e. The largest absolute Gasteiger partial charge is 0.485 e. The lowest BCUT2D eigenvalue weighted by molar-refractivity contribution is -0.0512. The maximum atomic E-state index is 13.1. The summed E-state index contributed by atoms with van der Waals surface area (Å²) in [6.07, 6.45) is -0.870. The van der Waals surface area contributed by atoms with Crippen LogP contribution in [0.3, 0.4) is 0 Å². The molecular weight excluding hydrogens is 408 g/mol. The second kappa shape index (κ2) is 7.17. The van der Waals surface area contributed by atoms with E-state index >= 15 is 0 Å². The summed E-state index contributed by atoms with van der Waals surface area (Å²) in [4.78, 5) is 0.387. The van der Waals surface area contributed by atoms with Crippen LogP contribution in [0.1, 0.15) is 30.9 Å². The van der Waals surface area contributed by atoms with E-state index < -0.39 is 27.5 Å². The van der Waals surface area contributed by atoms with Crippen LogP contribution in [0.5, 0.6) is 5.75 Å². The minimum Gasteiger partial charge on any atom is -0.485 e. The lowest BCUT2D eigenvalue weighted by Crippen LogP contribution is -2.49. The third kappa shape index (κ3) is 3.54. The lowest BCUT2D eigenvalue weighted by Gasteiger charge is -2.42. The lowest BCUT2D eigenvalue weighted by atomic mass is 9.77. The van der Waals surface area contributed by atoms with Crippen molar-refractivity contribution in [3.05, 3.63) is 88.9 Å². The molecule has 0 bridgehead atoms. The third-order valence-corrected chi connectivity index (χ3v) is 7.33. The first-order valence-corrected chi connectivity index (χ1v) is 11.1. The third-order valence-electron chi connectivity index (χ3n) is 5.31. The normalized spacial score (nSPS) is 20.6. The van der Waals surface area contributed by atoms with Crippen molar-refractivity contribution in [3.63, 3.8) is 0 Å². The van der Waals surface area contributed by atoms with Gasteiger partial charge in [-0.1, -0.05) is 41.9 Å². The molecule has 1 aliphatic heterocycles. The molecule has 0 aliphatic carbocycles. The molecule has 4 nitrogen and oxygen atoms in total. The standard InChI is InChI=1S/C23H21ClO4S/c1-23(2)22(25)21(15-8-10-16(24)11-9-15)19-14-18(12-13-20(19)28-23)29(26,27)17-6-4-3-5-7-17/h3-14,21-22,25H,1-2H3/t21?,22-/m0/s1. The molecule has 4 rings (SSSR count). The van der Waals surface area contributed by atoms with Crippen LogP contribution in [0.2, 0.25) is 5.02 Å². The van der Waals surface area contributed by atoms with Gasteiger partial charge in [0.05, 0.1) is 9.79 Å². The highest BCUT2D eigenvalue weighted by molar-refractivity contribution is 7.91. The number of rotatable bonds is 3. The maximum absolute atomic E-state index is 13.1. The average Bonchev–Trinajstić information content (AvgIpc) is 2.70. The first-order chi connectivity index (χ1) is 13.7. The average molecular weight is 429 g/mol. The van der Waals surface area contributed by atoms with Crippen LogP contribution in [0.4, 0.5) is 0 Å². The quantitative estimate of drug-likeness (QED) is 0.648. The molecule has 6 heteroatoms. The number of hydrogen-bond donors (Lipinski definition) is 1. The number of halogens is 1. The molecule has 0 aromatic heterocycles. The molecule has 0 fully saturated rings. The van der Waals surface area contributed by atoms with Crippen molar-refractivity contribution in [1.29, 1.82) is 0 Å². The van der Waals surface area contributed by atoms with Gasteiger partial charge in [-0.15, -0.1) is 0 Å². The van der Waals surface area contributed by atoms with Gasteiger partial charge in [-0.05, 0) is 61.9 Å². The molecule has 3 aromatic rings. The Morgan fingerprint density at radius 2 is 1.59 bits per heavy atom. The first-order valence-electron chi connectivity index (χ1n) is 9.27. The second-order valence-corrected chi connectivity index (χ2v) is 10.1. The number of ether oxygens (including phenoxy) is 1. The SMILES string of the molecule is CC1(C)Oc2ccc(S(=O)(=O)c3ccccc3)cc2C(c2ccc(Cl)cc2)[C@@H]1O. The molecule has 29 heavy (non-hydrogen) atoms. The van der Waals surface area contributed by atoms with Crippen LogP contribution in [-0.2, 0) is 9.84 Å². The Balaban J connectivity index is 1.88. The van der Waals surface area contributed by atoms with E-state index in [0.717, 1.165) is 5.56 Å². The van der Waals surface area contributed by atoms with Crippen molar-refractivity contribution >= 4 is 21.4 Å². The molecule has 2 atom stereocenters. The fraction of sp³-hybridized carbons (Fsp3) is 0.217. The van der Waals surface area contributed by atoms with Gasteiger partial charge in [0.25, 0.3) is 0 Å². The van der Waals surface area contributed by atoms with Gasteiger partial charge in [-0.2, -0.15) is 0 Å². The molecular formula is C23H21ClO4S. The zero-order valence-electron chi connectivity index (χ0n) is 16.0. The van der Waals surface area contributed by atoms with E-state index in [1.54, 1.807) is 60.7 Å². The number of hydrogen-bond acceptors (Lipinski definition) is 4. The predicted octanol–water partition coefficient (Wildman–Crippen LogP) is 4.84. The highest BCUT2D eigenvalue weighted by atomic mass is 35.5. The molecule has 1 N–H and O–H groups in total. The molecule has 1 aliphatic rings. The van der Waals surface area contributed by atoms with Crippen LogP contribution < -0.4 is 4.74 Å². The van der Waals surface area contributed by atoms with E-state index in [1.165, 1.54) is 0 Å². The molecule has 0 radical (unpaired) electrons. The summed E-state index contributed by atoms with van der Waals surface area (Å²) < 4.78 is 32.2. The maximum Gasteiger partial charge on any atom is 0.206 e. The van der Waals surface area contributed by atoms with E-state index in [9.17, 15) is 13.5 Å². The summed E-state index contributed by atoms with van der Waals surface area (Å²) in [6.45, 7) is 3.64. The van der Waals surface area contributed by atoms with Gasteiger partial charge in [0.2, 0.25) is 9.84 Å². The highest BCUT2D eigenvalue weighted by Gasteiger charge is 2.44. The Kier molecular flexibility index (Phi) is 4.93. The molecule has 0 spiro atoms. The zero-order chi connectivity index (χ0) is 20.8. The number of fused-ring (bicyclic) bond motifs is 1. The van der Waals surface area contributed by atoms with E-state index in [0.29, 0.717) is 16.3 Å². The van der Waals surface area contributed by atoms with Crippen LogP contribution in [0, 0.1) is 0 Å². The second-order valence-electron chi connectivity index (χ2n) is 7.70. The minimum absolute atomic E-state index is 0.164. The topological polar surface area (TPSA) is 63.6 Å². The minimum atomic E-state index is -3.69. The summed E-state index contributed by atoms with van der Waals surface area (Å²) >= 11 is 6.03. The first kappa shape index (κ1) is 20.0. The van der Waals surface area contributed by atoms with Crippen molar-refractivity contribution in [1.82, 2.24) is 0 Å². The van der Waals surface area contributed by atoms with Crippen LogP contribution >= 0.6 is 11.6 Å². The van der Waals surface area contributed by atoms with Crippen molar-refractivity contribution < 1.29 is 18.3 Å². The molecule has 0 saturated carbocycles. The van der Waals surface area contributed by atoms with Gasteiger partial charge in [-0.25, -0.2) is 8.42 Å².